The van der Waals surface area contributed by atoms with Crippen LogP contribution in [-0.4, -0.2) is 11.1 Å². The van der Waals surface area contributed by atoms with Gasteiger partial charge in [-0.15, -0.1) is 0 Å². The highest BCUT2D eigenvalue weighted by molar-refractivity contribution is 9.10. The van der Waals surface area contributed by atoms with Gasteiger partial charge in [0.25, 0.3) is 5.91 Å². The minimum atomic E-state index is -0.517. The Bertz CT molecular complexity index is 752. The molecule has 1 fully saturated rings. The first-order chi connectivity index (χ1) is 9.53. The molecule has 0 bridgehead atoms. The summed E-state index contributed by atoms with van der Waals surface area (Å²) in [5.74, 6) is 0.780. The van der Waals surface area contributed by atoms with Crippen molar-refractivity contribution in [3.05, 3.63) is 39.5 Å². The highest BCUT2D eigenvalue weighted by atomic mass is 79.9. The van der Waals surface area contributed by atoms with E-state index in [2.05, 4.69) is 40.1 Å². The van der Waals surface area contributed by atoms with Gasteiger partial charge in [0.2, 0.25) is 0 Å². The topological polar surface area (TPSA) is 69.1 Å². The summed E-state index contributed by atoms with van der Waals surface area (Å²) in [5, 5.41) is 3.88. The molecule has 5 heteroatoms. The van der Waals surface area contributed by atoms with Crippen LogP contribution in [-0.2, 0) is 11.8 Å². The zero-order chi connectivity index (χ0) is 14.1. The molecular formula is C15H13BrN2O2. The molecule has 2 aromatic rings. The molecule has 102 valence electrons. The van der Waals surface area contributed by atoms with Crippen molar-refractivity contribution in [2.75, 3.05) is 0 Å². The number of hydrogen-bond donors (Lipinski definition) is 1. The molecule has 4 rings (SSSR count). The van der Waals surface area contributed by atoms with Gasteiger partial charge in [-0.2, -0.15) is 0 Å². The number of carbonyl (C=O) groups excluding carboxylic acids is 1. The summed E-state index contributed by atoms with van der Waals surface area (Å²) in [6, 6.07) is 6.25. The van der Waals surface area contributed by atoms with Crippen LogP contribution in [0.1, 0.15) is 35.0 Å². The number of primary amides is 1. The minimum absolute atomic E-state index is 0.124. The van der Waals surface area contributed by atoms with Gasteiger partial charge in [-0.05, 0) is 36.5 Å². The summed E-state index contributed by atoms with van der Waals surface area (Å²) >= 11 is 3.50. The molecule has 0 aliphatic heterocycles. The molecule has 1 aromatic carbocycles. The molecule has 0 saturated heterocycles. The Morgan fingerprint density at radius 2 is 2.30 bits per heavy atom. The lowest BCUT2D eigenvalue weighted by atomic mass is 9.77. The van der Waals surface area contributed by atoms with Crippen molar-refractivity contribution < 1.29 is 9.32 Å². The normalized spacial score (nSPS) is 26.2. The van der Waals surface area contributed by atoms with Crippen molar-refractivity contribution in [2.24, 2.45) is 11.7 Å². The minimum Gasteiger partial charge on any atom is -0.364 e. The fourth-order valence-corrected chi connectivity index (χ4v) is 3.90. The van der Waals surface area contributed by atoms with Crippen molar-refractivity contribution in [3.63, 3.8) is 0 Å². The van der Waals surface area contributed by atoms with Gasteiger partial charge in [-0.1, -0.05) is 34.1 Å². The zero-order valence-corrected chi connectivity index (χ0v) is 12.5. The average Bonchev–Trinajstić information content (AvgIpc) is 2.85. The SMILES string of the molecule is CC1CC12Cc1c(C(N)=O)noc1-c1cc(Br)ccc12. The number of rotatable bonds is 1. The zero-order valence-electron chi connectivity index (χ0n) is 10.9. The van der Waals surface area contributed by atoms with E-state index < -0.39 is 5.91 Å². The van der Waals surface area contributed by atoms with Crippen LogP contribution in [0.3, 0.4) is 0 Å². The Labute approximate surface area is 124 Å². The molecule has 1 heterocycles. The largest absolute Gasteiger partial charge is 0.364 e. The molecule has 2 aliphatic carbocycles. The molecular weight excluding hydrogens is 320 g/mol. The van der Waals surface area contributed by atoms with E-state index in [0.717, 1.165) is 28.4 Å². The first-order valence-electron chi connectivity index (χ1n) is 6.62. The number of amides is 1. The van der Waals surface area contributed by atoms with Crippen molar-refractivity contribution in [3.8, 4) is 11.3 Å². The highest BCUT2D eigenvalue weighted by Crippen LogP contribution is 2.61. The number of halogens is 1. The first kappa shape index (κ1) is 12.1. The molecule has 2 N–H and O–H groups in total. The molecule has 0 radical (unpaired) electrons. The quantitative estimate of drug-likeness (QED) is 0.872. The van der Waals surface area contributed by atoms with E-state index >= 15 is 0 Å². The molecule has 2 aliphatic rings. The summed E-state index contributed by atoms with van der Waals surface area (Å²) in [4.78, 5) is 11.5. The lowest BCUT2D eigenvalue weighted by Crippen LogP contribution is -2.22. The maximum Gasteiger partial charge on any atom is 0.271 e. The van der Waals surface area contributed by atoms with E-state index in [4.69, 9.17) is 10.3 Å². The molecule has 2 unspecified atom stereocenters. The third kappa shape index (κ3) is 1.41. The predicted molar refractivity (Wildman–Crippen MR) is 77.3 cm³/mol. The maximum atomic E-state index is 11.5. The second-order valence-corrected chi connectivity index (χ2v) is 6.75. The van der Waals surface area contributed by atoms with Crippen molar-refractivity contribution in [1.29, 1.82) is 0 Å². The Balaban J connectivity index is 2.01. The van der Waals surface area contributed by atoms with Crippen molar-refractivity contribution in [2.45, 2.75) is 25.2 Å². The van der Waals surface area contributed by atoms with E-state index in [1.165, 1.54) is 5.56 Å². The molecule has 1 amide bonds. The summed E-state index contributed by atoms with van der Waals surface area (Å²) in [6.07, 6.45) is 1.92. The van der Waals surface area contributed by atoms with Gasteiger partial charge in [0.1, 0.15) is 0 Å². The highest BCUT2D eigenvalue weighted by Gasteiger charge is 2.56. The third-order valence-corrected chi connectivity index (χ3v) is 5.22. The van der Waals surface area contributed by atoms with Gasteiger partial charge >= 0.3 is 0 Å². The Hall–Kier alpha value is -1.62. The molecule has 1 spiro atoms. The van der Waals surface area contributed by atoms with E-state index in [-0.39, 0.29) is 11.1 Å². The molecule has 1 aromatic heterocycles. The average molecular weight is 333 g/mol. The monoisotopic (exact) mass is 332 g/mol. The van der Waals surface area contributed by atoms with Crippen LogP contribution < -0.4 is 5.73 Å². The number of benzene rings is 1. The van der Waals surface area contributed by atoms with Gasteiger partial charge in [-0.25, -0.2) is 0 Å². The standard InChI is InChI=1S/C15H13BrN2O2/c1-7-5-15(7)6-10-12(14(17)19)18-20-13(10)9-4-8(16)2-3-11(9)15/h2-4,7H,5-6H2,1H3,(H2,17,19). The Morgan fingerprint density at radius 1 is 1.55 bits per heavy atom. The van der Waals surface area contributed by atoms with Crippen molar-refractivity contribution >= 4 is 21.8 Å². The van der Waals surface area contributed by atoms with Crippen LogP contribution in [0.15, 0.2) is 27.2 Å². The van der Waals surface area contributed by atoms with Crippen LogP contribution in [0.5, 0.6) is 0 Å². The summed E-state index contributed by atoms with van der Waals surface area (Å²) in [7, 11) is 0. The Kier molecular flexibility index (Phi) is 2.26. The van der Waals surface area contributed by atoms with Crippen LogP contribution in [0, 0.1) is 5.92 Å². The van der Waals surface area contributed by atoms with Gasteiger partial charge in [0.15, 0.2) is 11.5 Å². The number of carbonyl (C=O) groups is 1. The number of aromatic nitrogens is 1. The summed E-state index contributed by atoms with van der Waals surface area (Å²) < 4.78 is 6.40. The third-order valence-electron chi connectivity index (χ3n) is 4.73. The van der Waals surface area contributed by atoms with Crippen LogP contribution >= 0.6 is 15.9 Å². The maximum absolute atomic E-state index is 11.5. The summed E-state index contributed by atoms with van der Waals surface area (Å²) in [6.45, 7) is 2.24. The fourth-order valence-electron chi connectivity index (χ4n) is 3.54. The first-order valence-corrected chi connectivity index (χ1v) is 7.41. The fraction of sp³-hybridized carbons (Fsp3) is 0.333. The van der Waals surface area contributed by atoms with Gasteiger partial charge in [0, 0.05) is 21.0 Å². The van der Waals surface area contributed by atoms with Crippen LogP contribution in [0.4, 0.5) is 0 Å². The van der Waals surface area contributed by atoms with Gasteiger partial charge < -0.3 is 10.3 Å². The number of nitrogens with two attached hydrogens (primary N) is 1. The second-order valence-electron chi connectivity index (χ2n) is 5.83. The lowest BCUT2D eigenvalue weighted by Gasteiger charge is -2.25. The van der Waals surface area contributed by atoms with E-state index in [9.17, 15) is 4.79 Å². The number of nitrogens with zero attached hydrogens (tertiary/aromatic N) is 1. The number of hydrogen-bond acceptors (Lipinski definition) is 3. The van der Waals surface area contributed by atoms with Crippen LogP contribution in [0.25, 0.3) is 11.3 Å². The van der Waals surface area contributed by atoms with E-state index in [1.807, 2.05) is 6.07 Å². The lowest BCUT2D eigenvalue weighted by molar-refractivity contribution is 0.0991. The number of fused-ring (bicyclic) bond motifs is 4. The molecule has 4 nitrogen and oxygen atoms in total. The smallest absolute Gasteiger partial charge is 0.271 e. The molecule has 1 saturated carbocycles. The predicted octanol–water partition coefficient (Wildman–Crippen LogP) is 3.04. The van der Waals surface area contributed by atoms with Gasteiger partial charge in [0.05, 0.1) is 0 Å². The van der Waals surface area contributed by atoms with E-state index in [1.54, 1.807) is 0 Å². The van der Waals surface area contributed by atoms with Gasteiger partial charge in [-0.3, -0.25) is 4.79 Å². The van der Waals surface area contributed by atoms with Crippen LogP contribution in [0.2, 0.25) is 0 Å². The van der Waals surface area contributed by atoms with Crippen molar-refractivity contribution in [1.82, 2.24) is 5.16 Å². The molecule has 20 heavy (non-hydrogen) atoms. The molecule has 2 atom stereocenters. The second kappa shape index (κ2) is 3.73. The Morgan fingerprint density at radius 3 is 2.95 bits per heavy atom. The van der Waals surface area contributed by atoms with E-state index in [0.29, 0.717) is 11.7 Å². The summed E-state index contributed by atoms with van der Waals surface area (Å²) in [5.41, 5.74) is 9.01.